The van der Waals surface area contributed by atoms with Crippen LogP contribution in [-0.4, -0.2) is 54.1 Å². The molecule has 2 amide bonds. The van der Waals surface area contributed by atoms with Crippen LogP contribution in [0.3, 0.4) is 0 Å². The van der Waals surface area contributed by atoms with Gasteiger partial charge in [0.2, 0.25) is 5.91 Å². The summed E-state index contributed by atoms with van der Waals surface area (Å²) in [6, 6.07) is 7.62. The number of ether oxygens (including phenoxy) is 1. The number of hydrogen-bond donors (Lipinski definition) is 2. The Kier molecular flexibility index (Phi) is 5.06. The van der Waals surface area contributed by atoms with Gasteiger partial charge in [-0.2, -0.15) is 0 Å². The zero-order chi connectivity index (χ0) is 18.0. The third kappa shape index (κ3) is 3.83. The van der Waals surface area contributed by atoms with E-state index < -0.39 is 6.10 Å². The van der Waals surface area contributed by atoms with Gasteiger partial charge in [-0.15, -0.1) is 0 Å². The number of nitrogens with one attached hydrogen (secondary N) is 1. The van der Waals surface area contributed by atoms with E-state index in [1.165, 1.54) is 0 Å². The number of nitrogens with two attached hydrogens (primary N) is 1. The number of nitrogens with zero attached hydrogens (tertiary/aromatic N) is 2. The molecule has 0 aliphatic carbocycles. The summed E-state index contributed by atoms with van der Waals surface area (Å²) in [5.74, 6) is -0.142. The normalized spacial score (nSPS) is 20.0. The second-order valence-corrected chi connectivity index (χ2v) is 6.55. The number of carbonyl (C=O) groups excluding carboxylic acids is 2. The molecule has 7 heteroatoms. The maximum absolute atomic E-state index is 12.4. The minimum Gasteiger partial charge on any atom is -0.364 e. The third-order valence-corrected chi connectivity index (χ3v) is 4.51. The van der Waals surface area contributed by atoms with E-state index in [9.17, 15) is 9.59 Å². The molecule has 1 aromatic carbocycles. The molecule has 1 saturated heterocycles. The minimum absolute atomic E-state index is 0.0131. The fraction of sp³-hybridized carbons (Fsp3) is 0.444. The van der Waals surface area contributed by atoms with Gasteiger partial charge in [-0.1, -0.05) is 6.07 Å². The molecular formula is C18H24N4O3. The van der Waals surface area contributed by atoms with Gasteiger partial charge in [-0.3, -0.25) is 9.59 Å². The summed E-state index contributed by atoms with van der Waals surface area (Å²) in [6.45, 7) is 0.695. The quantitative estimate of drug-likeness (QED) is 0.852. The van der Waals surface area contributed by atoms with Crippen molar-refractivity contribution in [2.75, 3.05) is 26.0 Å². The maximum atomic E-state index is 12.4. The molecule has 0 spiro atoms. The molecule has 3 rings (SSSR count). The van der Waals surface area contributed by atoms with E-state index in [0.717, 1.165) is 17.3 Å². The van der Waals surface area contributed by atoms with Gasteiger partial charge in [0.15, 0.2) is 0 Å². The summed E-state index contributed by atoms with van der Waals surface area (Å²) in [5, 5.41) is 3.92. The van der Waals surface area contributed by atoms with Gasteiger partial charge < -0.3 is 25.3 Å². The Hall–Kier alpha value is -2.38. The van der Waals surface area contributed by atoms with Crippen LogP contribution in [0, 0.1) is 0 Å². The Labute approximate surface area is 146 Å². The molecule has 1 aliphatic heterocycles. The standard InChI is InChI=1S/C18H24N4O3/c1-21(2)17(23)11-22-8-7-12-3-4-13(9-15(12)22)20-18(24)16-6-5-14(10-19)25-16/h3-4,7-9,14,16H,5-6,10-11,19H2,1-2H3,(H,20,24)/t14-,16+/m1/s1. The van der Waals surface area contributed by atoms with Gasteiger partial charge in [0.05, 0.1) is 11.6 Å². The van der Waals surface area contributed by atoms with E-state index in [1.807, 2.05) is 35.0 Å². The van der Waals surface area contributed by atoms with Crippen molar-refractivity contribution >= 4 is 28.4 Å². The average Bonchev–Trinajstić information content (AvgIpc) is 3.22. The topological polar surface area (TPSA) is 89.6 Å². The molecular weight excluding hydrogens is 320 g/mol. The first-order valence-electron chi connectivity index (χ1n) is 8.43. The number of hydrogen-bond acceptors (Lipinski definition) is 4. The van der Waals surface area contributed by atoms with E-state index in [4.69, 9.17) is 10.5 Å². The number of rotatable bonds is 5. The second kappa shape index (κ2) is 7.25. The molecule has 0 saturated carbocycles. The first-order valence-corrected chi connectivity index (χ1v) is 8.43. The van der Waals surface area contributed by atoms with E-state index >= 15 is 0 Å². The lowest BCUT2D eigenvalue weighted by molar-refractivity contribution is -0.129. The van der Waals surface area contributed by atoms with Gasteiger partial charge in [0.1, 0.15) is 12.6 Å². The minimum atomic E-state index is -0.452. The van der Waals surface area contributed by atoms with Crippen LogP contribution >= 0.6 is 0 Å². The van der Waals surface area contributed by atoms with Crippen molar-refractivity contribution in [1.82, 2.24) is 9.47 Å². The van der Waals surface area contributed by atoms with Gasteiger partial charge in [-0.05, 0) is 36.4 Å². The number of carbonyl (C=O) groups is 2. The van der Waals surface area contributed by atoms with E-state index in [0.29, 0.717) is 18.7 Å². The Bertz CT molecular complexity index is 784. The molecule has 2 atom stereocenters. The van der Waals surface area contributed by atoms with Gasteiger partial charge in [-0.25, -0.2) is 0 Å². The van der Waals surface area contributed by atoms with Crippen LogP contribution in [0.4, 0.5) is 5.69 Å². The van der Waals surface area contributed by atoms with Crippen molar-refractivity contribution < 1.29 is 14.3 Å². The number of amides is 2. The molecule has 0 radical (unpaired) electrons. The number of fused-ring (bicyclic) bond motifs is 1. The lowest BCUT2D eigenvalue weighted by Crippen LogP contribution is -2.29. The van der Waals surface area contributed by atoms with Crippen LogP contribution < -0.4 is 11.1 Å². The number of benzene rings is 1. The molecule has 0 bridgehead atoms. The lowest BCUT2D eigenvalue weighted by atomic mass is 10.2. The first kappa shape index (κ1) is 17.4. The Morgan fingerprint density at radius 1 is 1.32 bits per heavy atom. The van der Waals surface area contributed by atoms with Crippen LogP contribution in [0.2, 0.25) is 0 Å². The summed E-state index contributed by atoms with van der Waals surface area (Å²) >= 11 is 0. The summed E-state index contributed by atoms with van der Waals surface area (Å²) in [5.41, 5.74) is 7.18. The largest absolute Gasteiger partial charge is 0.364 e. The van der Waals surface area contributed by atoms with Crippen molar-refractivity contribution in [3.8, 4) is 0 Å². The maximum Gasteiger partial charge on any atom is 0.253 e. The monoisotopic (exact) mass is 344 g/mol. The lowest BCUT2D eigenvalue weighted by Gasteiger charge is -2.14. The summed E-state index contributed by atoms with van der Waals surface area (Å²) in [7, 11) is 3.46. The molecule has 2 heterocycles. The van der Waals surface area contributed by atoms with Crippen molar-refractivity contribution in [1.29, 1.82) is 0 Å². The van der Waals surface area contributed by atoms with Gasteiger partial charge >= 0.3 is 0 Å². The van der Waals surface area contributed by atoms with Crippen molar-refractivity contribution in [3.63, 3.8) is 0 Å². The SMILES string of the molecule is CN(C)C(=O)Cn1ccc2ccc(NC(=O)[C@@H]3CC[C@H](CN)O3)cc21. The molecule has 7 nitrogen and oxygen atoms in total. The van der Waals surface area contributed by atoms with Crippen LogP contribution in [0.25, 0.3) is 10.9 Å². The first-order chi connectivity index (χ1) is 12.0. The van der Waals surface area contributed by atoms with Crippen molar-refractivity contribution in [2.24, 2.45) is 5.73 Å². The van der Waals surface area contributed by atoms with Crippen LogP contribution in [-0.2, 0) is 20.9 Å². The van der Waals surface area contributed by atoms with E-state index in [1.54, 1.807) is 19.0 Å². The third-order valence-electron chi connectivity index (χ3n) is 4.51. The molecule has 2 aromatic rings. The Morgan fingerprint density at radius 2 is 2.12 bits per heavy atom. The highest BCUT2D eigenvalue weighted by Crippen LogP contribution is 2.23. The smallest absolute Gasteiger partial charge is 0.253 e. The fourth-order valence-corrected chi connectivity index (χ4v) is 2.98. The highest BCUT2D eigenvalue weighted by molar-refractivity contribution is 5.96. The molecule has 1 fully saturated rings. The molecule has 134 valence electrons. The highest BCUT2D eigenvalue weighted by atomic mass is 16.5. The zero-order valence-electron chi connectivity index (χ0n) is 14.6. The van der Waals surface area contributed by atoms with Crippen molar-refractivity contribution in [2.45, 2.75) is 31.6 Å². The van der Waals surface area contributed by atoms with Crippen LogP contribution in [0.1, 0.15) is 12.8 Å². The van der Waals surface area contributed by atoms with Crippen molar-refractivity contribution in [3.05, 3.63) is 30.5 Å². The second-order valence-electron chi connectivity index (χ2n) is 6.55. The summed E-state index contributed by atoms with van der Waals surface area (Å²) in [4.78, 5) is 25.9. The number of likely N-dealkylation sites (N-methyl/N-ethyl adjacent to an activating group) is 1. The molecule has 3 N–H and O–H groups in total. The average molecular weight is 344 g/mol. The zero-order valence-corrected chi connectivity index (χ0v) is 14.6. The Morgan fingerprint density at radius 3 is 2.80 bits per heavy atom. The predicted octanol–water partition coefficient (Wildman–Crippen LogP) is 1.17. The van der Waals surface area contributed by atoms with Crippen LogP contribution in [0.15, 0.2) is 30.5 Å². The van der Waals surface area contributed by atoms with E-state index in [2.05, 4.69) is 5.32 Å². The molecule has 25 heavy (non-hydrogen) atoms. The number of anilines is 1. The van der Waals surface area contributed by atoms with E-state index in [-0.39, 0.29) is 24.5 Å². The molecule has 1 aromatic heterocycles. The highest BCUT2D eigenvalue weighted by Gasteiger charge is 2.29. The van der Waals surface area contributed by atoms with Gasteiger partial charge in [0.25, 0.3) is 5.91 Å². The molecule has 0 unspecified atom stereocenters. The van der Waals surface area contributed by atoms with Gasteiger partial charge in [0, 0.05) is 32.5 Å². The summed E-state index contributed by atoms with van der Waals surface area (Å²) in [6.07, 6.45) is 2.88. The van der Waals surface area contributed by atoms with Crippen LogP contribution in [0.5, 0.6) is 0 Å². The fourth-order valence-electron chi connectivity index (χ4n) is 2.98. The number of aromatic nitrogens is 1. The summed E-state index contributed by atoms with van der Waals surface area (Å²) < 4.78 is 7.51. The molecule has 1 aliphatic rings. The Balaban J connectivity index is 1.74. The predicted molar refractivity (Wildman–Crippen MR) is 96.2 cm³/mol.